The summed E-state index contributed by atoms with van der Waals surface area (Å²) in [6.45, 7) is 15.0. The highest BCUT2D eigenvalue weighted by Gasteiger charge is 2.36. The van der Waals surface area contributed by atoms with Crippen molar-refractivity contribution in [3.05, 3.63) is 42.1 Å². The Labute approximate surface area is 263 Å². The second kappa shape index (κ2) is 17.0. The average molecular weight is 613 g/mol. The summed E-state index contributed by atoms with van der Waals surface area (Å²) < 4.78 is 11.5. The molecule has 2 aliphatic heterocycles. The lowest BCUT2D eigenvalue weighted by atomic mass is 9.80. The SMILES string of the molecule is CC.CC/C1=N\N(CCCc2ccnc3ccccc23)N2COOC(COC(=O)C(C)C(=O)[C@H](C)C[C@](C)(OC)C[C@H]1C)C2. The van der Waals surface area contributed by atoms with Crippen molar-refractivity contribution < 1.29 is 28.8 Å². The Hall–Kier alpha value is -2.92. The fourth-order valence-corrected chi connectivity index (χ4v) is 6.06. The fourth-order valence-electron chi connectivity index (χ4n) is 6.06. The Morgan fingerprint density at radius 2 is 1.80 bits per heavy atom. The number of fused-ring (bicyclic) bond motifs is 3. The van der Waals surface area contributed by atoms with Crippen molar-refractivity contribution in [1.29, 1.82) is 0 Å². The largest absolute Gasteiger partial charge is 0.462 e. The number of hydrogen-bond acceptors (Lipinski definition) is 10. The molecular formula is C34H52N4O6. The lowest BCUT2D eigenvalue weighted by Crippen LogP contribution is -2.51. The lowest BCUT2D eigenvalue weighted by molar-refractivity contribution is -0.396. The Kier molecular flexibility index (Phi) is 13.7. The zero-order valence-electron chi connectivity index (χ0n) is 27.9. The minimum absolute atomic E-state index is 0.0191. The number of cyclic esters (lactones) is 1. The second-order valence-corrected chi connectivity index (χ2v) is 11.9. The van der Waals surface area contributed by atoms with E-state index >= 15 is 0 Å². The first kappa shape index (κ1) is 35.6. The molecule has 1 saturated heterocycles. The standard InChI is InChI=1S/C32H46N4O6.C2H6/c1-7-28-22(2)17-32(5,39-6)18-23(3)30(37)24(4)31(38)40-20-26-19-35(21-41-42-26)36(34-28)16-10-11-25-14-15-33-29-13-9-8-12-27(25)29;1-2/h8-9,12-15,22-24,26H,7,10-11,16-21H2,1-6H3;1-2H3/b34-28+;/t22-,23-,24?,26?,32-;/m1./s1. The van der Waals surface area contributed by atoms with Gasteiger partial charge in [-0.25, -0.2) is 14.9 Å². The maximum Gasteiger partial charge on any atom is 0.316 e. The van der Waals surface area contributed by atoms with E-state index in [1.54, 1.807) is 14.0 Å². The van der Waals surface area contributed by atoms with Gasteiger partial charge in [0, 0.05) is 30.3 Å². The van der Waals surface area contributed by atoms with Gasteiger partial charge in [-0.05, 0) is 69.6 Å². The van der Waals surface area contributed by atoms with Crippen molar-refractivity contribution in [1.82, 2.24) is 15.1 Å². The molecule has 44 heavy (non-hydrogen) atoms. The van der Waals surface area contributed by atoms with Crippen LogP contribution in [0.3, 0.4) is 0 Å². The molecule has 244 valence electrons. The van der Waals surface area contributed by atoms with Crippen molar-refractivity contribution in [2.24, 2.45) is 22.9 Å². The normalized spacial score (nSPS) is 30.1. The molecule has 0 saturated carbocycles. The molecule has 2 bridgehead atoms. The maximum atomic E-state index is 13.1. The third kappa shape index (κ3) is 9.30. The highest BCUT2D eigenvalue weighted by atomic mass is 17.2. The van der Waals surface area contributed by atoms with Crippen LogP contribution in [0.2, 0.25) is 0 Å². The number of aromatic nitrogens is 1. The molecule has 10 heteroatoms. The Morgan fingerprint density at radius 1 is 1.07 bits per heavy atom. The summed E-state index contributed by atoms with van der Waals surface area (Å²) in [4.78, 5) is 41.4. The number of para-hydroxylation sites is 1. The van der Waals surface area contributed by atoms with Gasteiger partial charge in [0.1, 0.15) is 24.4 Å². The van der Waals surface area contributed by atoms with E-state index < -0.39 is 23.6 Å². The Balaban J connectivity index is 0.00000259. The molecule has 2 aliphatic rings. The van der Waals surface area contributed by atoms with Gasteiger partial charge in [0.15, 0.2) is 6.73 Å². The number of esters is 1. The molecule has 0 aliphatic carbocycles. The first-order valence-corrected chi connectivity index (χ1v) is 16.1. The first-order chi connectivity index (χ1) is 21.1. The smallest absolute Gasteiger partial charge is 0.316 e. The highest BCUT2D eigenvalue weighted by molar-refractivity contribution is 5.99. The van der Waals surface area contributed by atoms with Crippen molar-refractivity contribution in [3.8, 4) is 0 Å². The number of methoxy groups -OCH3 is 1. The van der Waals surface area contributed by atoms with Crippen LogP contribution in [0.4, 0.5) is 0 Å². The van der Waals surface area contributed by atoms with Gasteiger partial charge in [0.25, 0.3) is 0 Å². The van der Waals surface area contributed by atoms with Crippen LogP contribution in [0.25, 0.3) is 10.9 Å². The van der Waals surface area contributed by atoms with E-state index in [0.717, 1.165) is 35.9 Å². The van der Waals surface area contributed by atoms with E-state index in [2.05, 4.69) is 31.0 Å². The third-order valence-corrected chi connectivity index (χ3v) is 8.51. The van der Waals surface area contributed by atoms with Gasteiger partial charge in [-0.3, -0.25) is 14.6 Å². The number of rotatable bonds is 6. The predicted molar refractivity (Wildman–Crippen MR) is 171 cm³/mol. The van der Waals surface area contributed by atoms with E-state index in [0.29, 0.717) is 25.9 Å². The number of benzene rings is 1. The number of nitrogens with zero attached hydrogens (tertiary/aromatic N) is 4. The van der Waals surface area contributed by atoms with Crippen molar-refractivity contribution in [3.63, 3.8) is 0 Å². The monoisotopic (exact) mass is 612 g/mol. The number of carbonyl (C=O) groups excluding carboxylic acids is 2. The third-order valence-electron chi connectivity index (χ3n) is 8.51. The number of ether oxygens (including phenoxy) is 2. The Morgan fingerprint density at radius 3 is 2.52 bits per heavy atom. The van der Waals surface area contributed by atoms with Crippen LogP contribution in [0.15, 0.2) is 41.6 Å². The van der Waals surface area contributed by atoms with Crippen LogP contribution >= 0.6 is 0 Å². The van der Waals surface area contributed by atoms with Crippen LogP contribution in [-0.2, 0) is 35.3 Å². The van der Waals surface area contributed by atoms with Crippen LogP contribution in [0.5, 0.6) is 0 Å². The first-order valence-electron chi connectivity index (χ1n) is 16.1. The van der Waals surface area contributed by atoms with E-state index in [9.17, 15) is 9.59 Å². The van der Waals surface area contributed by atoms with Crippen molar-refractivity contribution in [2.75, 3.05) is 33.5 Å². The van der Waals surface area contributed by atoms with Crippen molar-refractivity contribution in [2.45, 2.75) is 92.3 Å². The summed E-state index contributed by atoms with van der Waals surface area (Å²) in [5, 5.41) is 10.3. The topological polar surface area (TPSA) is 103 Å². The molecule has 10 nitrogen and oxygen atoms in total. The molecule has 1 fully saturated rings. The van der Waals surface area contributed by atoms with E-state index in [1.807, 2.05) is 62.2 Å². The summed E-state index contributed by atoms with van der Waals surface area (Å²) in [6, 6.07) is 10.3. The molecule has 3 unspecified atom stereocenters. The number of carbonyl (C=O) groups is 2. The number of hydrogen-bond donors (Lipinski definition) is 0. The van der Waals surface area contributed by atoms with Gasteiger partial charge < -0.3 is 9.47 Å². The Bertz CT molecular complexity index is 1250. The van der Waals surface area contributed by atoms with Gasteiger partial charge in [-0.2, -0.15) is 10.1 Å². The summed E-state index contributed by atoms with van der Waals surface area (Å²) in [5.74, 6) is -1.85. The number of hydrazone groups is 1. The van der Waals surface area contributed by atoms with Gasteiger partial charge in [0.05, 0.1) is 24.2 Å². The number of hydrazine groups is 1. The summed E-state index contributed by atoms with van der Waals surface area (Å²) in [7, 11) is 1.68. The highest BCUT2D eigenvalue weighted by Crippen LogP contribution is 2.31. The number of Topliss-reactive ketones (excluding diaryl/α,β-unsaturated/α-hetero) is 1. The minimum Gasteiger partial charge on any atom is -0.462 e. The maximum absolute atomic E-state index is 13.1. The molecule has 6 atom stereocenters. The summed E-state index contributed by atoms with van der Waals surface area (Å²) in [6.07, 6.45) is 5.02. The molecule has 1 aromatic heterocycles. The van der Waals surface area contributed by atoms with Crippen LogP contribution in [0, 0.1) is 17.8 Å². The molecule has 2 aromatic rings. The zero-order valence-corrected chi connectivity index (χ0v) is 27.9. The minimum atomic E-state index is -0.874. The molecule has 3 heterocycles. The summed E-state index contributed by atoms with van der Waals surface area (Å²) in [5.41, 5.74) is 2.72. The van der Waals surface area contributed by atoms with Gasteiger partial charge in [-0.1, -0.05) is 52.8 Å². The fraction of sp³-hybridized carbons (Fsp3) is 0.647. The molecular weight excluding hydrogens is 560 g/mol. The molecule has 0 radical (unpaired) electrons. The van der Waals surface area contributed by atoms with Crippen molar-refractivity contribution >= 4 is 28.4 Å². The van der Waals surface area contributed by atoms with Crippen LogP contribution < -0.4 is 0 Å². The lowest BCUT2D eigenvalue weighted by Gasteiger charge is -2.39. The molecule has 0 amide bonds. The second-order valence-electron chi connectivity index (χ2n) is 11.9. The quantitative estimate of drug-likeness (QED) is 0.221. The average Bonchev–Trinajstić information content (AvgIpc) is 3.05. The van der Waals surface area contributed by atoms with Gasteiger partial charge in [-0.15, -0.1) is 0 Å². The van der Waals surface area contributed by atoms with Gasteiger partial charge >= 0.3 is 5.97 Å². The van der Waals surface area contributed by atoms with Crippen LogP contribution in [-0.4, -0.2) is 77.8 Å². The van der Waals surface area contributed by atoms with E-state index in [1.165, 1.54) is 5.56 Å². The number of pyridine rings is 1. The van der Waals surface area contributed by atoms with Gasteiger partial charge in [0.2, 0.25) is 0 Å². The van der Waals surface area contributed by atoms with Crippen LogP contribution in [0.1, 0.15) is 79.7 Å². The predicted octanol–water partition coefficient (Wildman–Crippen LogP) is 5.99. The zero-order chi connectivity index (χ0) is 32.3. The summed E-state index contributed by atoms with van der Waals surface area (Å²) >= 11 is 0. The molecule has 0 N–H and O–H groups in total. The molecule has 1 aromatic carbocycles. The molecule has 0 spiro atoms. The molecule has 4 rings (SSSR count). The number of aryl methyl sites for hydroxylation is 1. The van der Waals surface area contributed by atoms with E-state index in [4.69, 9.17) is 24.4 Å². The number of ketones is 1. The van der Waals surface area contributed by atoms with E-state index in [-0.39, 0.29) is 31.0 Å².